The molecule has 0 spiro atoms. The molecule has 1 amide bonds. The van der Waals surface area contributed by atoms with Gasteiger partial charge in [0.15, 0.2) is 0 Å². The first-order valence-electron chi connectivity index (χ1n) is 8.20. The standard InChI is InChI=1S/C20H26N2OS/c1-15(2)17-11-9-16(10-12-17)13-22(3)14-20(23)21-18-7-5-6-8-19(18)24-4/h5-12,15H,13-14H2,1-4H3,(H,21,23). The first-order chi connectivity index (χ1) is 11.5. The zero-order chi connectivity index (χ0) is 17.5. The number of rotatable bonds is 7. The molecule has 0 radical (unpaired) electrons. The van der Waals surface area contributed by atoms with E-state index in [0.29, 0.717) is 12.5 Å². The highest BCUT2D eigenvalue weighted by atomic mass is 32.2. The van der Waals surface area contributed by atoms with Crippen molar-refractivity contribution in [2.24, 2.45) is 0 Å². The smallest absolute Gasteiger partial charge is 0.238 e. The Morgan fingerprint density at radius 3 is 2.42 bits per heavy atom. The molecule has 1 N–H and O–H groups in total. The van der Waals surface area contributed by atoms with Crippen molar-refractivity contribution >= 4 is 23.4 Å². The third-order valence-electron chi connectivity index (χ3n) is 3.89. The lowest BCUT2D eigenvalue weighted by molar-refractivity contribution is -0.117. The van der Waals surface area contributed by atoms with Crippen LogP contribution in [0.25, 0.3) is 0 Å². The maximum atomic E-state index is 12.3. The molecule has 0 aromatic heterocycles. The van der Waals surface area contributed by atoms with E-state index in [1.807, 2.05) is 42.5 Å². The molecule has 2 aromatic carbocycles. The van der Waals surface area contributed by atoms with Gasteiger partial charge in [-0.15, -0.1) is 11.8 Å². The number of nitrogens with one attached hydrogen (secondary N) is 1. The highest BCUT2D eigenvalue weighted by Crippen LogP contribution is 2.24. The second-order valence-electron chi connectivity index (χ2n) is 6.32. The van der Waals surface area contributed by atoms with Crippen molar-refractivity contribution in [3.8, 4) is 0 Å². The zero-order valence-corrected chi connectivity index (χ0v) is 15.7. The second kappa shape index (κ2) is 8.90. The summed E-state index contributed by atoms with van der Waals surface area (Å²) in [6.45, 7) is 5.51. The predicted octanol–water partition coefficient (Wildman–Crippen LogP) is 4.60. The zero-order valence-electron chi connectivity index (χ0n) is 14.9. The molecule has 2 rings (SSSR count). The molecule has 2 aromatic rings. The monoisotopic (exact) mass is 342 g/mol. The topological polar surface area (TPSA) is 32.3 Å². The first-order valence-corrected chi connectivity index (χ1v) is 9.42. The van der Waals surface area contributed by atoms with E-state index >= 15 is 0 Å². The fraction of sp³-hybridized carbons (Fsp3) is 0.350. The lowest BCUT2D eigenvalue weighted by Gasteiger charge is -2.17. The van der Waals surface area contributed by atoms with E-state index in [0.717, 1.165) is 17.1 Å². The van der Waals surface area contributed by atoms with E-state index in [2.05, 4.69) is 43.4 Å². The van der Waals surface area contributed by atoms with E-state index in [1.165, 1.54) is 11.1 Å². The van der Waals surface area contributed by atoms with Gasteiger partial charge in [-0.05, 0) is 42.5 Å². The van der Waals surface area contributed by atoms with Crippen molar-refractivity contribution in [2.45, 2.75) is 31.2 Å². The van der Waals surface area contributed by atoms with Crippen LogP contribution in [-0.2, 0) is 11.3 Å². The normalized spacial score (nSPS) is 11.1. The van der Waals surface area contributed by atoms with Crippen molar-refractivity contribution < 1.29 is 4.79 Å². The van der Waals surface area contributed by atoms with Gasteiger partial charge < -0.3 is 5.32 Å². The summed E-state index contributed by atoms with van der Waals surface area (Å²) in [6, 6.07) is 16.5. The molecule has 4 heteroatoms. The second-order valence-corrected chi connectivity index (χ2v) is 7.17. The molecule has 0 aliphatic heterocycles. The van der Waals surface area contributed by atoms with E-state index in [4.69, 9.17) is 0 Å². The Kier molecular flexibility index (Phi) is 6.88. The minimum atomic E-state index is 0.0119. The highest BCUT2D eigenvalue weighted by molar-refractivity contribution is 7.98. The molecule has 3 nitrogen and oxygen atoms in total. The van der Waals surface area contributed by atoms with Crippen molar-refractivity contribution in [1.82, 2.24) is 4.90 Å². The Balaban J connectivity index is 1.89. The van der Waals surface area contributed by atoms with Gasteiger partial charge in [0.25, 0.3) is 0 Å². The van der Waals surface area contributed by atoms with Crippen molar-refractivity contribution in [3.63, 3.8) is 0 Å². The third-order valence-corrected chi connectivity index (χ3v) is 4.69. The molecular weight excluding hydrogens is 316 g/mol. The van der Waals surface area contributed by atoms with Crippen LogP contribution in [0.3, 0.4) is 0 Å². The van der Waals surface area contributed by atoms with Crippen LogP contribution < -0.4 is 5.32 Å². The van der Waals surface area contributed by atoms with Crippen LogP contribution >= 0.6 is 11.8 Å². The van der Waals surface area contributed by atoms with E-state index in [1.54, 1.807) is 11.8 Å². The van der Waals surface area contributed by atoms with Crippen molar-refractivity contribution in [2.75, 3.05) is 25.2 Å². The molecule has 128 valence electrons. The number of hydrogen-bond donors (Lipinski definition) is 1. The summed E-state index contributed by atoms with van der Waals surface area (Å²) in [6.07, 6.45) is 2.01. The number of nitrogens with zero attached hydrogens (tertiary/aromatic N) is 1. The van der Waals surface area contributed by atoms with Crippen LogP contribution in [0.2, 0.25) is 0 Å². The number of carbonyl (C=O) groups is 1. The highest BCUT2D eigenvalue weighted by Gasteiger charge is 2.10. The number of anilines is 1. The van der Waals surface area contributed by atoms with E-state index in [-0.39, 0.29) is 5.91 Å². The van der Waals surface area contributed by atoms with E-state index in [9.17, 15) is 4.79 Å². The van der Waals surface area contributed by atoms with Crippen LogP contribution in [0.15, 0.2) is 53.4 Å². The maximum absolute atomic E-state index is 12.3. The number of amides is 1. The summed E-state index contributed by atoms with van der Waals surface area (Å²) in [4.78, 5) is 15.4. The summed E-state index contributed by atoms with van der Waals surface area (Å²) in [5.74, 6) is 0.553. The SMILES string of the molecule is CSc1ccccc1NC(=O)CN(C)Cc1ccc(C(C)C)cc1. The molecule has 0 heterocycles. The maximum Gasteiger partial charge on any atom is 0.238 e. The molecular formula is C20H26N2OS. The molecule has 0 atom stereocenters. The van der Waals surface area contributed by atoms with Crippen molar-refractivity contribution in [1.29, 1.82) is 0 Å². The molecule has 0 aliphatic carbocycles. The lowest BCUT2D eigenvalue weighted by Crippen LogP contribution is -2.30. The summed E-state index contributed by atoms with van der Waals surface area (Å²) >= 11 is 1.63. The minimum Gasteiger partial charge on any atom is -0.324 e. The summed E-state index contributed by atoms with van der Waals surface area (Å²) in [5.41, 5.74) is 3.44. The summed E-state index contributed by atoms with van der Waals surface area (Å²) in [5, 5.41) is 3.00. The van der Waals surface area contributed by atoms with Gasteiger partial charge in [-0.2, -0.15) is 0 Å². The number of carbonyl (C=O) groups excluding carboxylic acids is 1. The molecule has 0 saturated heterocycles. The van der Waals surface area contributed by atoms with Crippen molar-refractivity contribution in [3.05, 3.63) is 59.7 Å². The third kappa shape index (κ3) is 5.39. The predicted molar refractivity (Wildman–Crippen MR) is 104 cm³/mol. The van der Waals surface area contributed by atoms with Crippen LogP contribution in [-0.4, -0.2) is 30.7 Å². The molecule has 0 aliphatic rings. The summed E-state index contributed by atoms with van der Waals surface area (Å²) in [7, 11) is 1.97. The van der Waals surface area contributed by atoms with Gasteiger partial charge in [-0.1, -0.05) is 50.2 Å². The molecule has 24 heavy (non-hydrogen) atoms. The number of hydrogen-bond acceptors (Lipinski definition) is 3. The van der Waals surface area contributed by atoms with Gasteiger partial charge in [0.05, 0.1) is 12.2 Å². The van der Waals surface area contributed by atoms with E-state index < -0.39 is 0 Å². The van der Waals surface area contributed by atoms with Gasteiger partial charge in [-0.25, -0.2) is 0 Å². The fourth-order valence-electron chi connectivity index (χ4n) is 2.56. The number of thioether (sulfide) groups is 1. The summed E-state index contributed by atoms with van der Waals surface area (Å²) < 4.78 is 0. The van der Waals surface area contributed by atoms with Crippen LogP contribution in [0, 0.1) is 0 Å². The van der Waals surface area contributed by atoms with Gasteiger partial charge in [-0.3, -0.25) is 9.69 Å². The number of benzene rings is 2. The van der Waals surface area contributed by atoms with Gasteiger partial charge in [0, 0.05) is 11.4 Å². The van der Waals surface area contributed by atoms with Gasteiger partial charge >= 0.3 is 0 Å². The Labute approximate surface area is 149 Å². The van der Waals surface area contributed by atoms with Crippen LogP contribution in [0.1, 0.15) is 30.9 Å². The van der Waals surface area contributed by atoms with Gasteiger partial charge in [0.2, 0.25) is 5.91 Å². The minimum absolute atomic E-state index is 0.0119. The first kappa shape index (κ1) is 18.6. The molecule has 0 bridgehead atoms. The fourth-order valence-corrected chi connectivity index (χ4v) is 3.11. The van der Waals surface area contributed by atoms with Crippen LogP contribution in [0.5, 0.6) is 0 Å². The number of likely N-dealkylation sites (N-methyl/N-ethyl adjacent to an activating group) is 1. The molecule has 0 unspecified atom stereocenters. The van der Waals surface area contributed by atoms with Crippen LogP contribution in [0.4, 0.5) is 5.69 Å². The molecule has 0 fully saturated rings. The number of para-hydroxylation sites is 1. The Bertz CT molecular complexity index is 668. The Morgan fingerprint density at radius 2 is 1.79 bits per heavy atom. The quantitative estimate of drug-likeness (QED) is 0.746. The average Bonchev–Trinajstić information content (AvgIpc) is 2.55. The Morgan fingerprint density at radius 1 is 1.12 bits per heavy atom. The lowest BCUT2D eigenvalue weighted by atomic mass is 10.0. The molecule has 0 saturated carbocycles. The average molecular weight is 343 g/mol. The Hall–Kier alpha value is -1.78. The van der Waals surface area contributed by atoms with Gasteiger partial charge in [0.1, 0.15) is 0 Å². The largest absolute Gasteiger partial charge is 0.324 e.